The van der Waals surface area contributed by atoms with Crippen LogP contribution in [-0.4, -0.2) is 22.0 Å². The minimum atomic E-state index is -1.05. The van der Waals surface area contributed by atoms with E-state index in [0.717, 1.165) is 10.9 Å². The van der Waals surface area contributed by atoms with Gasteiger partial charge in [-0.05, 0) is 42.0 Å². The summed E-state index contributed by atoms with van der Waals surface area (Å²) in [5, 5.41) is 12.7. The van der Waals surface area contributed by atoms with Gasteiger partial charge in [0.25, 0.3) is 5.91 Å². The lowest BCUT2D eigenvalue weighted by Gasteiger charge is -2.17. The van der Waals surface area contributed by atoms with Crippen LogP contribution >= 0.6 is 0 Å². The van der Waals surface area contributed by atoms with Gasteiger partial charge in [-0.25, -0.2) is 4.39 Å². The number of halogens is 1. The number of hydrogen-bond donors (Lipinski definition) is 3. The molecule has 1 amide bonds. The zero-order valence-electron chi connectivity index (χ0n) is 12.6. The van der Waals surface area contributed by atoms with E-state index < -0.39 is 17.8 Å². The van der Waals surface area contributed by atoms with E-state index in [2.05, 4.69) is 10.3 Å². The van der Waals surface area contributed by atoms with Gasteiger partial charge >= 0.3 is 5.97 Å². The fraction of sp³-hybridized carbons (Fsp3) is 0.111. The van der Waals surface area contributed by atoms with E-state index in [1.807, 2.05) is 6.07 Å². The molecule has 0 aliphatic heterocycles. The van der Waals surface area contributed by atoms with Crippen molar-refractivity contribution in [3.63, 3.8) is 0 Å². The highest BCUT2D eigenvalue weighted by Gasteiger charge is 2.19. The molecule has 122 valence electrons. The molecule has 0 saturated heterocycles. The van der Waals surface area contributed by atoms with Gasteiger partial charge in [0.05, 0.1) is 12.5 Å². The van der Waals surface area contributed by atoms with Crippen molar-refractivity contribution in [2.75, 3.05) is 0 Å². The molecule has 0 aliphatic carbocycles. The molecule has 3 N–H and O–H groups in total. The molecule has 2 aromatic carbocycles. The molecule has 3 rings (SSSR count). The molecule has 0 spiro atoms. The normalized spacial score (nSPS) is 12.0. The Bertz CT molecular complexity index is 887. The highest BCUT2D eigenvalue weighted by Crippen LogP contribution is 2.20. The predicted octanol–water partition coefficient (Wildman–Crippen LogP) is 3.25. The first-order valence-electron chi connectivity index (χ1n) is 7.38. The van der Waals surface area contributed by atoms with Gasteiger partial charge in [-0.2, -0.15) is 0 Å². The van der Waals surface area contributed by atoms with Crippen molar-refractivity contribution < 1.29 is 19.1 Å². The molecule has 1 heterocycles. The van der Waals surface area contributed by atoms with Gasteiger partial charge < -0.3 is 15.4 Å². The summed E-state index contributed by atoms with van der Waals surface area (Å²) >= 11 is 0. The lowest BCUT2D eigenvalue weighted by Crippen LogP contribution is -2.30. The topological polar surface area (TPSA) is 82.2 Å². The van der Waals surface area contributed by atoms with Crippen molar-refractivity contribution >= 4 is 22.8 Å². The number of rotatable bonds is 5. The van der Waals surface area contributed by atoms with Gasteiger partial charge in [0.2, 0.25) is 0 Å². The minimum absolute atomic E-state index is 0.288. The molecule has 0 bridgehead atoms. The van der Waals surface area contributed by atoms with Crippen molar-refractivity contribution in [1.82, 2.24) is 10.3 Å². The maximum atomic E-state index is 13.1. The number of carbonyl (C=O) groups excluding carboxylic acids is 1. The number of fused-ring (bicyclic) bond motifs is 1. The lowest BCUT2D eigenvalue weighted by atomic mass is 10.0. The van der Waals surface area contributed by atoms with Crippen molar-refractivity contribution in [3.8, 4) is 0 Å². The Balaban J connectivity index is 1.84. The Morgan fingerprint density at radius 2 is 1.88 bits per heavy atom. The average molecular weight is 326 g/mol. The molecule has 1 atom stereocenters. The molecular weight excluding hydrogens is 311 g/mol. The van der Waals surface area contributed by atoms with Gasteiger partial charge in [0.15, 0.2) is 0 Å². The number of aromatic amines is 1. The first-order chi connectivity index (χ1) is 11.5. The van der Waals surface area contributed by atoms with Gasteiger partial charge in [0, 0.05) is 22.7 Å². The fourth-order valence-electron chi connectivity index (χ4n) is 2.56. The third-order valence-electron chi connectivity index (χ3n) is 3.77. The first kappa shape index (κ1) is 15.7. The Labute approximate surface area is 137 Å². The zero-order valence-corrected chi connectivity index (χ0v) is 12.6. The maximum Gasteiger partial charge on any atom is 0.305 e. The van der Waals surface area contributed by atoms with Gasteiger partial charge in [-0.15, -0.1) is 0 Å². The molecule has 0 aliphatic rings. The molecule has 0 radical (unpaired) electrons. The van der Waals surface area contributed by atoms with Crippen molar-refractivity contribution in [3.05, 3.63) is 71.7 Å². The van der Waals surface area contributed by atoms with Crippen LogP contribution in [0.4, 0.5) is 4.39 Å². The number of hydrogen-bond acceptors (Lipinski definition) is 2. The van der Waals surface area contributed by atoms with Crippen LogP contribution in [0.25, 0.3) is 10.9 Å². The van der Waals surface area contributed by atoms with E-state index in [1.165, 1.54) is 24.3 Å². The zero-order chi connectivity index (χ0) is 17.1. The summed E-state index contributed by atoms with van der Waals surface area (Å²) < 4.78 is 13.1. The molecule has 6 heteroatoms. The molecule has 1 aromatic heterocycles. The van der Waals surface area contributed by atoms with E-state index >= 15 is 0 Å². The van der Waals surface area contributed by atoms with Crippen LogP contribution in [0.2, 0.25) is 0 Å². The summed E-state index contributed by atoms with van der Waals surface area (Å²) in [5.74, 6) is -1.85. The quantitative estimate of drug-likeness (QED) is 0.673. The second-order valence-electron chi connectivity index (χ2n) is 5.46. The van der Waals surface area contributed by atoms with Crippen LogP contribution in [0.1, 0.15) is 28.4 Å². The third kappa shape index (κ3) is 3.43. The van der Waals surface area contributed by atoms with Crippen LogP contribution in [0.3, 0.4) is 0 Å². The standard InChI is InChI=1S/C18H15FN2O3/c19-14-4-1-11(2-5-14)16(10-17(22)23)21-18(24)13-3-6-15-12(9-13)7-8-20-15/h1-9,16,20H,10H2,(H,21,24)(H,22,23)/t16-/m0/s1. The Kier molecular flexibility index (Phi) is 4.29. The van der Waals surface area contributed by atoms with E-state index in [4.69, 9.17) is 5.11 Å². The summed E-state index contributed by atoms with van der Waals surface area (Å²) in [4.78, 5) is 26.6. The molecule has 3 aromatic rings. The summed E-state index contributed by atoms with van der Waals surface area (Å²) in [6, 6.07) is 11.7. The molecule has 5 nitrogen and oxygen atoms in total. The van der Waals surface area contributed by atoms with Crippen molar-refractivity contribution in [1.29, 1.82) is 0 Å². The Morgan fingerprint density at radius 1 is 1.12 bits per heavy atom. The average Bonchev–Trinajstić information content (AvgIpc) is 3.02. The predicted molar refractivity (Wildman–Crippen MR) is 87.2 cm³/mol. The van der Waals surface area contributed by atoms with Crippen LogP contribution < -0.4 is 5.32 Å². The number of amides is 1. The second-order valence-corrected chi connectivity index (χ2v) is 5.46. The summed E-state index contributed by atoms with van der Waals surface area (Å²) in [6.45, 7) is 0. The van der Waals surface area contributed by atoms with Gasteiger partial charge in [0.1, 0.15) is 5.82 Å². The highest BCUT2D eigenvalue weighted by atomic mass is 19.1. The maximum absolute atomic E-state index is 13.1. The fourth-order valence-corrected chi connectivity index (χ4v) is 2.56. The van der Waals surface area contributed by atoms with Crippen LogP contribution in [0.5, 0.6) is 0 Å². The monoisotopic (exact) mass is 326 g/mol. The molecule has 0 fully saturated rings. The summed E-state index contributed by atoms with van der Waals surface area (Å²) in [7, 11) is 0. The number of carbonyl (C=O) groups is 2. The van der Waals surface area contributed by atoms with Crippen LogP contribution in [-0.2, 0) is 4.79 Å². The summed E-state index contributed by atoms with van der Waals surface area (Å²) in [6.07, 6.45) is 1.49. The number of carboxylic acid groups (broad SMARTS) is 1. The first-order valence-corrected chi connectivity index (χ1v) is 7.38. The summed E-state index contributed by atoms with van der Waals surface area (Å²) in [5.41, 5.74) is 1.88. The van der Waals surface area contributed by atoms with Crippen LogP contribution in [0, 0.1) is 5.82 Å². The van der Waals surface area contributed by atoms with Gasteiger partial charge in [-0.1, -0.05) is 12.1 Å². The molecular formula is C18H15FN2O3. The smallest absolute Gasteiger partial charge is 0.305 e. The molecule has 24 heavy (non-hydrogen) atoms. The highest BCUT2D eigenvalue weighted by molar-refractivity contribution is 5.98. The minimum Gasteiger partial charge on any atom is -0.481 e. The van der Waals surface area contributed by atoms with E-state index in [1.54, 1.807) is 24.4 Å². The van der Waals surface area contributed by atoms with E-state index in [0.29, 0.717) is 11.1 Å². The number of carboxylic acids is 1. The SMILES string of the molecule is O=C(O)C[C@H](NC(=O)c1ccc2[nH]ccc2c1)c1ccc(F)cc1. The van der Waals surface area contributed by atoms with Gasteiger partial charge in [-0.3, -0.25) is 9.59 Å². The number of nitrogens with one attached hydrogen (secondary N) is 2. The number of benzene rings is 2. The number of aromatic nitrogens is 1. The Hall–Kier alpha value is -3.15. The number of aliphatic carboxylic acids is 1. The molecule has 0 saturated carbocycles. The lowest BCUT2D eigenvalue weighted by molar-refractivity contribution is -0.137. The Morgan fingerprint density at radius 3 is 2.58 bits per heavy atom. The largest absolute Gasteiger partial charge is 0.481 e. The van der Waals surface area contributed by atoms with Crippen molar-refractivity contribution in [2.45, 2.75) is 12.5 Å². The van der Waals surface area contributed by atoms with Crippen LogP contribution in [0.15, 0.2) is 54.7 Å². The third-order valence-corrected chi connectivity index (χ3v) is 3.77. The number of H-pyrrole nitrogens is 1. The van der Waals surface area contributed by atoms with E-state index in [-0.39, 0.29) is 12.3 Å². The van der Waals surface area contributed by atoms with Crippen molar-refractivity contribution in [2.24, 2.45) is 0 Å². The molecule has 0 unspecified atom stereocenters. The van der Waals surface area contributed by atoms with E-state index in [9.17, 15) is 14.0 Å². The second kappa shape index (κ2) is 6.54.